The Balaban J connectivity index is 2.13. The second kappa shape index (κ2) is 7.28. The summed E-state index contributed by atoms with van der Waals surface area (Å²) in [6.45, 7) is 0.552. The summed E-state index contributed by atoms with van der Waals surface area (Å²) in [7, 11) is 3.50. The average Bonchev–Trinajstić information content (AvgIpc) is 2.54. The third-order valence-electron chi connectivity index (χ3n) is 3.46. The summed E-state index contributed by atoms with van der Waals surface area (Å²) in [6.07, 6.45) is 0.357. The third kappa shape index (κ3) is 3.86. The van der Waals surface area contributed by atoms with Crippen molar-refractivity contribution in [3.63, 3.8) is 0 Å². The first-order valence-corrected chi connectivity index (χ1v) is 7.11. The molecule has 2 aromatic rings. The highest BCUT2D eigenvalue weighted by atomic mass is 16.2. The molecule has 0 atom stereocenters. The number of rotatable bonds is 5. The first-order chi connectivity index (χ1) is 10.6. The number of carbonyl (C=O) groups is 1. The number of nitrogens with zero attached hydrogens (tertiary/aromatic N) is 2. The van der Waals surface area contributed by atoms with E-state index in [-0.39, 0.29) is 5.91 Å². The third-order valence-corrected chi connectivity index (χ3v) is 3.46. The molecule has 0 aromatic heterocycles. The molecule has 0 aliphatic heterocycles. The predicted molar refractivity (Wildman–Crippen MR) is 87.3 cm³/mol. The van der Waals surface area contributed by atoms with Gasteiger partial charge in [0.05, 0.1) is 18.1 Å². The SMILES string of the molecule is CN(C)C(=O)Cc1ccccc1NCc1ccccc1C#N. The molecule has 0 unspecified atom stereocenters. The smallest absolute Gasteiger partial charge is 0.226 e. The fraction of sp³-hybridized carbons (Fsp3) is 0.222. The lowest BCUT2D eigenvalue weighted by Crippen LogP contribution is -2.23. The standard InChI is InChI=1S/C18H19N3O/c1-21(2)18(22)11-14-7-5-6-10-17(14)20-13-16-9-4-3-8-15(16)12-19/h3-10,20H,11,13H2,1-2H3. The molecular formula is C18H19N3O. The van der Waals surface area contributed by atoms with Gasteiger partial charge >= 0.3 is 0 Å². The Morgan fingerprint density at radius 3 is 2.41 bits per heavy atom. The number of para-hydroxylation sites is 1. The summed E-state index contributed by atoms with van der Waals surface area (Å²) in [5.74, 6) is 0.0617. The van der Waals surface area contributed by atoms with Gasteiger partial charge in [0.25, 0.3) is 0 Å². The number of benzene rings is 2. The van der Waals surface area contributed by atoms with E-state index in [9.17, 15) is 4.79 Å². The molecule has 0 aliphatic rings. The summed E-state index contributed by atoms with van der Waals surface area (Å²) in [5.41, 5.74) is 3.48. The molecule has 4 nitrogen and oxygen atoms in total. The highest BCUT2D eigenvalue weighted by Crippen LogP contribution is 2.18. The van der Waals surface area contributed by atoms with Crippen LogP contribution in [0.4, 0.5) is 5.69 Å². The van der Waals surface area contributed by atoms with Gasteiger partial charge in [0.15, 0.2) is 0 Å². The highest BCUT2D eigenvalue weighted by Gasteiger charge is 2.09. The van der Waals surface area contributed by atoms with Crippen LogP contribution in [-0.4, -0.2) is 24.9 Å². The van der Waals surface area contributed by atoms with E-state index in [4.69, 9.17) is 5.26 Å². The minimum Gasteiger partial charge on any atom is -0.381 e. The predicted octanol–water partition coefficient (Wildman–Crippen LogP) is 2.80. The van der Waals surface area contributed by atoms with Gasteiger partial charge < -0.3 is 10.2 Å². The summed E-state index contributed by atoms with van der Waals surface area (Å²) in [5, 5.41) is 12.4. The molecule has 2 aromatic carbocycles. The zero-order valence-corrected chi connectivity index (χ0v) is 12.8. The second-order valence-electron chi connectivity index (χ2n) is 5.24. The number of nitriles is 1. The van der Waals surface area contributed by atoms with E-state index in [1.54, 1.807) is 25.1 Å². The van der Waals surface area contributed by atoms with Crippen molar-refractivity contribution in [3.05, 3.63) is 65.2 Å². The van der Waals surface area contributed by atoms with Crippen LogP contribution < -0.4 is 5.32 Å². The van der Waals surface area contributed by atoms with Gasteiger partial charge in [0, 0.05) is 26.3 Å². The van der Waals surface area contributed by atoms with Crippen molar-refractivity contribution < 1.29 is 4.79 Å². The van der Waals surface area contributed by atoms with Crippen LogP contribution in [0.3, 0.4) is 0 Å². The summed E-state index contributed by atoms with van der Waals surface area (Å²) >= 11 is 0. The van der Waals surface area contributed by atoms with Gasteiger partial charge in [-0.05, 0) is 23.3 Å². The largest absolute Gasteiger partial charge is 0.381 e. The number of amides is 1. The molecule has 2 rings (SSSR count). The number of anilines is 1. The van der Waals surface area contributed by atoms with Crippen molar-refractivity contribution >= 4 is 11.6 Å². The minimum atomic E-state index is 0.0617. The molecule has 0 bridgehead atoms. The molecule has 0 radical (unpaired) electrons. The normalized spacial score (nSPS) is 9.86. The second-order valence-corrected chi connectivity index (χ2v) is 5.24. The van der Waals surface area contributed by atoms with Crippen LogP contribution >= 0.6 is 0 Å². The van der Waals surface area contributed by atoms with Crippen molar-refractivity contribution in [1.82, 2.24) is 4.90 Å². The zero-order chi connectivity index (χ0) is 15.9. The van der Waals surface area contributed by atoms with Crippen molar-refractivity contribution in [2.24, 2.45) is 0 Å². The Labute approximate surface area is 131 Å². The molecule has 0 saturated heterocycles. The van der Waals surface area contributed by atoms with Crippen molar-refractivity contribution in [1.29, 1.82) is 5.26 Å². The summed E-state index contributed by atoms with van der Waals surface area (Å²) < 4.78 is 0. The van der Waals surface area contributed by atoms with Gasteiger partial charge in [-0.2, -0.15) is 5.26 Å². The molecule has 112 valence electrons. The van der Waals surface area contributed by atoms with Crippen molar-refractivity contribution in [2.45, 2.75) is 13.0 Å². The van der Waals surface area contributed by atoms with E-state index in [1.807, 2.05) is 42.5 Å². The van der Waals surface area contributed by atoms with Crippen LogP contribution in [0, 0.1) is 11.3 Å². The summed E-state index contributed by atoms with van der Waals surface area (Å²) in [6, 6.07) is 17.4. The Kier molecular flexibility index (Phi) is 5.16. The lowest BCUT2D eigenvalue weighted by Gasteiger charge is -2.15. The molecule has 0 heterocycles. The molecule has 0 spiro atoms. The maximum atomic E-state index is 11.9. The van der Waals surface area contributed by atoms with Crippen LogP contribution in [-0.2, 0) is 17.8 Å². The lowest BCUT2D eigenvalue weighted by molar-refractivity contribution is -0.127. The fourth-order valence-electron chi connectivity index (χ4n) is 2.14. The summed E-state index contributed by atoms with van der Waals surface area (Å²) in [4.78, 5) is 13.5. The van der Waals surface area contributed by atoms with E-state index in [0.717, 1.165) is 16.8 Å². The van der Waals surface area contributed by atoms with Crippen LogP contribution in [0.1, 0.15) is 16.7 Å². The molecule has 4 heteroatoms. The first kappa shape index (κ1) is 15.6. The number of hydrogen-bond acceptors (Lipinski definition) is 3. The fourth-order valence-corrected chi connectivity index (χ4v) is 2.14. The molecule has 22 heavy (non-hydrogen) atoms. The first-order valence-electron chi connectivity index (χ1n) is 7.11. The molecule has 1 amide bonds. The van der Waals surface area contributed by atoms with Gasteiger partial charge in [-0.15, -0.1) is 0 Å². The Morgan fingerprint density at radius 2 is 1.73 bits per heavy atom. The Bertz CT molecular complexity index is 701. The van der Waals surface area contributed by atoms with Crippen molar-refractivity contribution in [2.75, 3.05) is 19.4 Å². The topological polar surface area (TPSA) is 56.1 Å². The van der Waals surface area contributed by atoms with Crippen LogP contribution in [0.15, 0.2) is 48.5 Å². The zero-order valence-electron chi connectivity index (χ0n) is 12.8. The average molecular weight is 293 g/mol. The van der Waals surface area contributed by atoms with Crippen molar-refractivity contribution in [3.8, 4) is 6.07 Å². The maximum Gasteiger partial charge on any atom is 0.226 e. The molecular weight excluding hydrogens is 274 g/mol. The Morgan fingerprint density at radius 1 is 1.09 bits per heavy atom. The lowest BCUT2D eigenvalue weighted by atomic mass is 10.1. The van der Waals surface area contributed by atoms with E-state index in [2.05, 4.69) is 11.4 Å². The number of hydrogen-bond donors (Lipinski definition) is 1. The number of carbonyl (C=O) groups excluding carboxylic acids is 1. The molecule has 0 fully saturated rings. The quantitative estimate of drug-likeness (QED) is 0.922. The van der Waals surface area contributed by atoms with Gasteiger partial charge in [0.2, 0.25) is 5.91 Å². The molecule has 1 N–H and O–H groups in total. The Hall–Kier alpha value is -2.80. The highest BCUT2D eigenvalue weighted by molar-refractivity contribution is 5.80. The molecule has 0 aliphatic carbocycles. The van der Waals surface area contributed by atoms with E-state index >= 15 is 0 Å². The van der Waals surface area contributed by atoms with E-state index in [1.165, 1.54) is 0 Å². The van der Waals surface area contributed by atoms with Gasteiger partial charge in [-0.25, -0.2) is 0 Å². The van der Waals surface area contributed by atoms with Crippen LogP contribution in [0.25, 0.3) is 0 Å². The van der Waals surface area contributed by atoms with E-state index < -0.39 is 0 Å². The van der Waals surface area contributed by atoms with Crippen LogP contribution in [0.5, 0.6) is 0 Å². The van der Waals surface area contributed by atoms with Gasteiger partial charge in [-0.1, -0.05) is 36.4 Å². The number of likely N-dealkylation sites (N-methyl/N-ethyl adjacent to an activating group) is 1. The van der Waals surface area contributed by atoms with Crippen LogP contribution in [0.2, 0.25) is 0 Å². The minimum absolute atomic E-state index is 0.0617. The monoisotopic (exact) mass is 293 g/mol. The van der Waals surface area contributed by atoms with E-state index in [0.29, 0.717) is 18.5 Å². The van der Waals surface area contributed by atoms with Gasteiger partial charge in [-0.3, -0.25) is 4.79 Å². The van der Waals surface area contributed by atoms with Gasteiger partial charge in [0.1, 0.15) is 0 Å². The maximum absolute atomic E-state index is 11.9. The molecule has 0 saturated carbocycles. The number of nitrogens with one attached hydrogen (secondary N) is 1.